The van der Waals surface area contributed by atoms with Gasteiger partial charge in [0.25, 0.3) is 10.0 Å². The van der Waals surface area contributed by atoms with Gasteiger partial charge in [-0.3, -0.25) is 4.31 Å². The molecular formula is C29H22Br2F4N2O3S. The first-order chi connectivity index (χ1) is 19.4. The summed E-state index contributed by atoms with van der Waals surface area (Å²) in [5.41, 5.74) is 0.0882. The summed E-state index contributed by atoms with van der Waals surface area (Å²) in [7, 11) is -3.50. The molecule has 1 aromatic heterocycles. The predicted octanol–water partition coefficient (Wildman–Crippen LogP) is 8.58. The van der Waals surface area contributed by atoms with Crippen LogP contribution in [-0.4, -0.2) is 32.8 Å². The fourth-order valence-corrected chi connectivity index (χ4v) is 7.25. The van der Waals surface area contributed by atoms with E-state index >= 15 is 4.39 Å². The van der Waals surface area contributed by atoms with Gasteiger partial charge in [-0.15, -0.1) is 0 Å². The zero-order valence-corrected chi connectivity index (χ0v) is 25.4. The minimum absolute atomic E-state index is 0.0286. The number of hydrogen-bond acceptors (Lipinski definition) is 3. The quantitative estimate of drug-likeness (QED) is 0.152. The minimum Gasteiger partial charge on any atom is -0.497 e. The van der Waals surface area contributed by atoms with Gasteiger partial charge in [0.15, 0.2) is 0 Å². The molecule has 41 heavy (non-hydrogen) atoms. The van der Waals surface area contributed by atoms with Crippen LogP contribution in [0.1, 0.15) is 5.56 Å². The van der Waals surface area contributed by atoms with Crippen LogP contribution in [0, 0.1) is 0 Å². The van der Waals surface area contributed by atoms with E-state index in [2.05, 4.69) is 31.9 Å². The van der Waals surface area contributed by atoms with Gasteiger partial charge in [0, 0.05) is 36.8 Å². The summed E-state index contributed by atoms with van der Waals surface area (Å²) in [6.07, 6.45) is -6.75. The Morgan fingerprint density at radius 1 is 0.878 bits per heavy atom. The van der Waals surface area contributed by atoms with E-state index in [0.29, 0.717) is 10.4 Å². The third kappa shape index (κ3) is 5.82. The average molecular weight is 714 g/mol. The van der Waals surface area contributed by atoms with Crippen molar-refractivity contribution in [2.24, 2.45) is 0 Å². The summed E-state index contributed by atoms with van der Waals surface area (Å²) in [5, 5.41) is 1.72. The van der Waals surface area contributed by atoms with Gasteiger partial charge in [0.1, 0.15) is 11.9 Å². The van der Waals surface area contributed by atoms with E-state index in [9.17, 15) is 21.6 Å². The highest BCUT2D eigenvalue weighted by atomic mass is 79.9. The van der Waals surface area contributed by atoms with Gasteiger partial charge in [-0.05, 0) is 60.7 Å². The number of nitrogens with zero attached hydrogens (tertiary/aromatic N) is 2. The monoisotopic (exact) mass is 712 g/mol. The van der Waals surface area contributed by atoms with Crippen molar-refractivity contribution >= 4 is 69.4 Å². The van der Waals surface area contributed by atoms with Crippen molar-refractivity contribution in [3.8, 4) is 5.75 Å². The molecule has 1 heterocycles. The van der Waals surface area contributed by atoms with Gasteiger partial charge >= 0.3 is 6.18 Å². The molecule has 12 heteroatoms. The lowest BCUT2D eigenvalue weighted by molar-refractivity contribution is -0.139. The lowest BCUT2D eigenvalue weighted by Crippen LogP contribution is -2.38. The first kappa shape index (κ1) is 29.4. The van der Waals surface area contributed by atoms with Gasteiger partial charge in [-0.1, -0.05) is 50.1 Å². The number of aromatic nitrogens is 1. The van der Waals surface area contributed by atoms with Gasteiger partial charge in [0.2, 0.25) is 0 Å². The lowest BCUT2D eigenvalue weighted by Gasteiger charge is -2.28. The first-order valence-corrected chi connectivity index (χ1v) is 15.3. The molecule has 0 fully saturated rings. The molecule has 5 aromatic rings. The molecule has 4 aromatic carbocycles. The number of halogens is 6. The fraction of sp³-hybridized carbons (Fsp3) is 0.172. The molecule has 1 atom stereocenters. The summed E-state index contributed by atoms with van der Waals surface area (Å²) in [6, 6.07) is 20.8. The number of rotatable bonds is 8. The van der Waals surface area contributed by atoms with Crippen molar-refractivity contribution in [2.75, 3.05) is 18.0 Å². The maximum absolute atomic E-state index is 16.1. The second kappa shape index (κ2) is 11.3. The van der Waals surface area contributed by atoms with Crippen LogP contribution in [0.4, 0.5) is 23.2 Å². The van der Waals surface area contributed by atoms with Gasteiger partial charge < -0.3 is 9.30 Å². The maximum atomic E-state index is 16.1. The fourth-order valence-electron chi connectivity index (χ4n) is 4.83. The van der Waals surface area contributed by atoms with E-state index < -0.39 is 39.4 Å². The highest BCUT2D eigenvalue weighted by Crippen LogP contribution is 2.38. The number of sulfonamides is 1. The largest absolute Gasteiger partial charge is 0.497 e. The molecule has 0 radical (unpaired) electrons. The molecule has 0 amide bonds. The Labute approximate surface area is 250 Å². The normalized spacial score (nSPS) is 13.0. The smallest absolute Gasteiger partial charge is 0.417 e. The van der Waals surface area contributed by atoms with Crippen molar-refractivity contribution < 1.29 is 30.7 Å². The molecule has 5 rings (SSSR count). The Hall–Kier alpha value is -3.09. The zero-order chi connectivity index (χ0) is 29.5. The molecular weight excluding hydrogens is 692 g/mol. The van der Waals surface area contributed by atoms with Crippen LogP contribution in [0.3, 0.4) is 0 Å². The van der Waals surface area contributed by atoms with Crippen molar-refractivity contribution in [1.29, 1.82) is 0 Å². The van der Waals surface area contributed by atoms with Gasteiger partial charge in [-0.2, -0.15) is 13.2 Å². The average Bonchev–Trinajstić information content (AvgIpc) is 3.22. The summed E-state index contributed by atoms with van der Waals surface area (Å²) < 4.78 is 94.6. The number of methoxy groups -OCH3 is 1. The molecule has 0 aliphatic heterocycles. The lowest BCUT2D eigenvalue weighted by atomic mass is 10.2. The number of ether oxygens (including phenoxy) is 1. The van der Waals surface area contributed by atoms with E-state index in [-0.39, 0.29) is 18.0 Å². The standard InChI is InChI=1S/C29H22Br2F4N2O3S/c1-40-22-6-4-5-21(15-22)37(41(38,39)28-8-3-2-7-25(28)29(33,34)35)17-20(32)16-36-26-11-9-18(30)13-23(26)24-14-19(31)10-12-27(24)36/h2-15,20H,16-17H2,1H3. The Morgan fingerprint density at radius 3 is 2.07 bits per heavy atom. The predicted molar refractivity (Wildman–Crippen MR) is 159 cm³/mol. The van der Waals surface area contributed by atoms with E-state index in [4.69, 9.17) is 4.74 Å². The number of alkyl halides is 4. The molecule has 0 aliphatic carbocycles. The molecule has 0 aliphatic rings. The number of fused-ring (bicyclic) bond motifs is 3. The van der Waals surface area contributed by atoms with Crippen LogP contribution < -0.4 is 9.04 Å². The number of anilines is 1. The summed E-state index contributed by atoms with van der Waals surface area (Å²) >= 11 is 6.94. The van der Waals surface area contributed by atoms with Crippen LogP contribution in [0.25, 0.3) is 21.8 Å². The Bertz CT molecular complexity index is 1800. The van der Waals surface area contributed by atoms with E-state index in [1.165, 1.54) is 31.4 Å². The van der Waals surface area contributed by atoms with Crippen molar-refractivity contribution in [3.05, 3.63) is 99.4 Å². The van der Waals surface area contributed by atoms with Crippen LogP contribution in [0.15, 0.2) is 98.8 Å². The first-order valence-electron chi connectivity index (χ1n) is 12.2. The molecule has 0 saturated carbocycles. The van der Waals surface area contributed by atoms with Crippen LogP contribution in [0.2, 0.25) is 0 Å². The van der Waals surface area contributed by atoms with Crippen LogP contribution in [-0.2, 0) is 22.7 Å². The highest BCUT2D eigenvalue weighted by Gasteiger charge is 2.39. The van der Waals surface area contributed by atoms with Crippen LogP contribution >= 0.6 is 31.9 Å². The van der Waals surface area contributed by atoms with Gasteiger partial charge in [0.05, 0.1) is 36.3 Å². The number of benzene rings is 4. The zero-order valence-electron chi connectivity index (χ0n) is 21.4. The number of hydrogen-bond donors (Lipinski definition) is 0. The Morgan fingerprint density at radius 2 is 1.49 bits per heavy atom. The maximum Gasteiger partial charge on any atom is 0.417 e. The van der Waals surface area contributed by atoms with E-state index in [0.717, 1.165) is 42.9 Å². The van der Waals surface area contributed by atoms with E-state index in [1.54, 1.807) is 10.6 Å². The Balaban J connectivity index is 1.60. The summed E-state index contributed by atoms with van der Waals surface area (Å²) in [6.45, 7) is -0.990. The minimum atomic E-state index is -4.94. The molecule has 1 unspecified atom stereocenters. The summed E-state index contributed by atoms with van der Waals surface area (Å²) in [5.74, 6) is 0.265. The van der Waals surface area contributed by atoms with Crippen molar-refractivity contribution in [2.45, 2.75) is 23.8 Å². The molecule has 214 valence electrons. The second-order valence-corrected chi connectivity index (χ2v) is 12.9. The molecule has 0 bridgehead atoms. The molecule has 0 saturated heterocycles. The molecule has 5 nitrogen and oxygen atoms in total. The topological polar surface area (TPSA) is 51.5 Å². The third-order valence-electron chi connectivity index (χ3n) is 6.64. The van der Waals surface area contributed by atoms with Crippen molar-refractivity contribution in [1.82, 2.24) is 4.57 Å². The molecule has 0 spiro atoms. The highest BCUT2D eigenvalue weighted by molar-refractivity contribution is 9.10. The molecule has 0 N–H and O–H groups in total. The SMILES string of the molecule is COc1cccc(N(CC(F)Cn2c3ccc(Br)cc3c3cc(Br)ccc32)S(=O)(=O)c2ccccc2C(F)(F)F)c1. The third-order valence-corrected chi connectivity index (χ3v) is 9.47. The van der Waals surface area contributed by atoms with Crippen molar-refractivity contribution in [3.63, 3.8) is 0 Å². The Kier molecular flexibility index (Phi) is 8.10. The van der Waals surface area contributed by atoms with Gasteiger partial charge in [-0.25, -0.2) is 12.8 Å². The second-order valence-electron chi connectivity index (χ2n) is 9.26. The van der Waals surface area contributed by atoms with E-state index in [1.807, 2.05) is 36.4 Å². The summed E-state index contributed by atoms with van der Waals surface area (Å²) in [4.78, 5) is -0.964. The van der Waals surface area contributed by atoms with Crippen LogP contribution in [0.5, 0.6) is 5.75 Å².